The normalized spacial score (nSPS) is 11.5. The number of halogens is 1. The molecule has 0 fully saturated rings. The van der Waals surface area contributed by atoms with Crippen LogP contribution in [-0.4, -0.2) is 28.9 Å². The highest BCUT2D eigenvalue weighted by Crippen LogP contribution is 2.19. The SMILES string of the molecule is O=C(N[C@H](Cc1c[nH]c2ccccc12)C(=O)NNC(=O)c1ccccc1Br)OCc1ccccc1. The van der Waals surface area contributed by atoms with Gasteiger partial charge in [-0.3, -0.25) is 20.4 Å². The van der Waals surface area contributed by atoms with Gasteiger partial charge in [0, 0.05) is 28.0 Å². The summed E-state index contributed by atoms with van der Waals surface area (Å²) in [7, 11) is 0. The zero-order chi connectivity index (χ0) is 24.6. The summed E-state index contributed by atoms with van der Waals surface area (Å²) in [6.07, 6.45) is 1.23. The molecule has 1 heterocycles. The second-order valence-corrected chi connectivity index (χ2v) is 8.60. The Labute approximate surface area is 210 Å². The number of aromatic nitrogens is 1. The summed E-state index contributed by atoms with van der Waals surface area (Å²) >= 11 is 3.31. The molecule has 4 aromatic rings. The van der Waals surface area contributed by atoms with E-state index in [1.165, 1.54) is 0 Å². The minimum Gasteiger partial charge on any atom is -0.445 e. The Kier molecular flexibility index (Phi) is 7.79. The number of nitrogens with one attached hydrogen (secondary N) is 4. The Morgan fingerprint density at radius 1 is 0.886 bits per heavy atom. The molecule has 9 heteroatoms. The predicted octanol–water partition coefficient (Wildman–Crippen LogP) is 4.23. The van der Waals surface area contributed by atoms with Gasteiger partial charge in [0.1, 0.15) is 12.6 Å². The van der Waals surface area contributed by atoms with E-state index in [0.29, 0.717) is 10.0 Å². The first-order valence-corrected chi connectivity index (χ1v) is 11.7. The molecule has 0 radical (unpaired) electrons. The van der Waals surface area contributed by atoms with Crippen molar-refractivity contribution in [3.05, 3.63) is 106 Å². The summed E-state index contributed by atoms with van der Waals surface area (Å²) in [5.41, 5.74) is 7.73. The summed E-state index contributed by atoms with van der Waals surface area (Å²) in [4.78, 5) is 41.2. The largest absolute Gasteiger partial charge is 0.445 e. The molecular weight excluding hydrogens is 512 g/mol. The van der Waals surface area contributed by atoms with Gasteiger partial charge in [-0.25, -0.2) is 4.79 Å². The molecule has 1 atom stereocenters. The van der Waals surface area contributed by atoms with Crippen LogP contribution in [0, 0.1) is 0 Å². The number of H-pyrrole nitrogens is 1. The first kappa shape index (κ1) is 24.0. The third-order valence-corrected chi connectivity index (χ3v) is 6.03. The Bertz CT molecular complexity index is 1340. The van der Waals surface area contributed by atoms with Gasteiger partial charge in [-0.1, -0.05) is 60.7 Å². The van der Waals surface area contributed by atoms with Crippen LogP contribution in [0.2, 0.25) is 0 Å². The molecule has 4 rings (SSSR count). The first-order valence-electron chi connectivity index (χ1n) is 10.9. The summed E-state index contributed by atoms with van der Waals surface area (Å²) in [5.74, 6) is -1.09. The number of benzene rings is 3. The quantitative estimate of drug-likeness (QED) is 0.266. The van der Waals surface area contributed by atoms with Crippen LogP contribution in [0.4, 0.5) is 4.79 Å². The molecule has 0 aliphatic heterocycles. The fourth-order valence-corrected chi connectivity index (χ4v) is 4.02. The average molecular weight is 535 g/mol. The lowest BCUT2D eigenvalue weighted by molar-refractivity contribution is -0.123. The summed E-state index contributed by atoms with van der Waals surface area (Å²) < 4.78 is 5.88. The number of carbonyl (C=O) groups is 3. The number of hydrogen-bond donors (Lipinski definition) is 4. The molecule has 0 saturated heterocycles. The van der Waals surface area contributed by atoms with Gasteiger partial charge in [0.05, 0.1) is 5.56 Å². The van der Waals surface area contributed by atoms with Crippen LogP contribution in [0.25, 0.3) is 10.9 Å². The number of amides is 3. The highest BCUT2D eigenvalue weighted by Gasteiger charge is 2.24. The van der Waals surface area contributed by atoms with Crippen LogP contribution in [0.1, 0.15) is 21.5 Å². The van der Waals surface area contributed by atoms with Crippen LogP contribution < -0.4 is 16.2 Å². The number of rotatable bonds is 7. The van der Waals surface area contributed by atoms with Gasteiger partial charge in [0.15, 0.2) is 0 Å². The molecule has 0 aliphatic carbocycles. The molecule has 35 heavy (non-hydrogen) atoms. The van der Waals surface area contributed by atoms with E-state index in [1.807, 2.05) is 54.6 Å². The third-order valence-electron chi connectivity index (χ3n) is 5.34. The average Bonchev–Trinajstić information content (AvgIpc) is 3.29. The molecule has 0 aliphatic rings. The molecule has 178 valence electrons. The molecule has 1 aromatic heterocycles. The van der Waals surface area contributed by atoms with Gasteiger partial charge in [0.25, 0.3) is 11.8 Å². The highest BCUT2D eigenvalue weighted by atomic mass is 79.9. The van der Waals surface area contributed by atoms with Crippen molar-refractivity contribution in [1.29, 1.82) is 0 Å². The van der Waals surface area contributed by atoms with Crippen LogP contribution in [0.5, 0.6) is 0 Å². The number of para-hydroxylation sites is 1. The molecule has 8 nitrogen and oxygen atoms in total. The maximum absolute atomic E-state index is 13.0. The lowest BCUT2D eigenvalue weighted by atomic mass is 10.0. The van der Waals surface area contributed by atoms with Gasteiger partial charge < -0.3 is 15.0 Å². The minimum atomic E-state index is -1.00. The van der Waals surface area contributed by atoms with Crippen molar-refractivity contribution in [2.45, 2.75) is 19.1 Å². The van der Waals surface area contributed by atoms with E-state index in [4.69, 9.17) is 4.74 Å². The van der Waals surface area contributed by atoms with E-state index in [-0.39, 0.29) is 13.0 Å². The molecule has 4 N–H and O–H groups in total. The second-order valence-electron chi connectivity index (χ2n) is 7.75. The molecule has 0 spiro atoms. The van der Waals surface area contributed by atoms with Gasteiger partial charge >= 0.3 is 6.09 Å². The standard InChI is InChI=1S/C26H23BrN4O4/c27-21-12-6-4-11-20(21)24(32)30-31-25(33)23(14-18-15-28-22-13-7-5-10-19(18)22)29-26(34)35-16-17-8-2-1-3-9-17/h1-13,15,23,28H,14,16H2,(H,29,34)(H,30,32)(H,31,33)/t23-/m1/s1. The monoisotopic (exact) mass is 534 g/mol. The van der Waals surface area contributed by atoms with E-state index in [1.54, 1.807) is 30.5 Å². The fourth-order valence-electron chi connectivity index (χ4n) is 3.55. The maximum atomic E-state index is 13.0. The smallest absolute Gasteiger partial charge is 0.408 e. The van der Waals surface area contributed by atoms with Crippen molar-refractivity contribution >= 4 is 44.7 Å². The number of carbonyl (C=O) groups excluding carboxylic acids is 3. The highest BCUT2D eigenvalue weighted by molar-refractivity contribution is 9.10. The van der Waals surface area contributed by atoms with E-state index in [9.17, 15) is 14.4 Å². The Morgan fingerprint density at radius 3 is 2.40 bits per heavy atom. The Balaban J connectivity index is 1.45. The Morgan fingerprint density at radius 2 is 1.60 bits per heavy atom. The summed E-state index contributed by atoms with van der Waals surface area (Å²) in [6, 6.07) is 22.7. The topological polar surface area (TPSA) is 112 Å². The zero-order valence-electron chi connectivity index (χ0n) is 18.6. The molecule has 0 unspecified atom stereocenters. The van der Waals surface area contributed by atoms with E-state index < -0.39 is 23.9 Å². The van der Waals surface area contributed by atoms with Gasteiger partial charge in [0.2, 0.25) is 0 Å². The molecule has 0 bridgehead atoms. The van der Waals surface area contributed by atoms with Crippen molar-refractivity contribution < 1.29 is 19.1 Å². The second kappa shape index (κ2) is 11.3. The van der Waals surface area contributed by atoms with Gasteiger partial charge in [-0.2, -0.15) is 0 Å². The van der Waals surface area contributed by atoms with Crippen LogP contribution in [0.3, 0.4) is 0 Å². The molecule has 3 amide bonds. The van der Waals surface area contributed by atoms with Crippen LogP contribution in [-0.2, 0) is 22.6 Å². The first-order chi connectivity index (χ1) is 17.0. The van der Waals surface area contributed by atoms with E-state index in [0.717, 1.165) is 22.0 Å². The molecule has 0 saturated carbocycles. The lowest BCUT2D eigenvalue weighted by Gasteiger charge is -2.19. The third kappa shape index (κ3) is 6.27. The minimum absolute atomic E-state index is 0.0624. The number of aromatic amines is 1. The fraction of sp³-hybridized carbons (Fsp3) is 0.115. The van der Waals surface area contributed by atoms with Crippen molar-refractivity contribution in [2.75, 3.05) is 0 Å². The summed E-state index contributed by atoms with van der Waals surface area (Å²) in [5, 5.41) is 3.55. The molecule has 3 aromatic carbocycles. The number of fused-ring (bicyclic) bond motifs is 1. The van der Waals surface area contributed by atoms with Crippen LogP contribution in [0.15, 0.2) is 89.5 Å². The van der Waals surface area contributed by atoms with Crippen molar-refractivity contribution in [3.63, 3.8) is 0 Å². The zero-order valence-corrected chi connectivity index (χ0v) is 20.2. The number of hydrazine groups is 1. The van der Waals surface area contributed by atoms with E-state index in [2.05, 4.69) is 37.1 Å². The number of ether oxygens (including phenoxy) is 1. The predicted molar refractivity (Wildman–Crippen MR) is 135 cm³/mol. The number of alkyl carbamates (subject to hydrolysis) is 1. The lowest BCUT2D eigenvalue weighted by Crippen LogP contribution is -2.53. The van der Waals surface area contributed by atoms with Gasteiger partial charge in [-0.15, -0.1) is 0 Å². The number of hydrogen-bond acceptors (Lipinski definition) is 4. The van der Waals surface area contributed by atoms with Gasteiger partial charge in [-0.05, 0) is 45.3 Å². The van der Waals surface area contributed by atoms with Crippen molar-refractivity contribution in [3.8, 4) is 0 Å². The van der Waals surface area contributed by atoms with Crippen molar-refractivity contribution in [1.82, 2.24) is 21.2 Å². The Hall–Kier alpha value is -4.11. The molecular formula is C26H23BrN4O4. The van der Waals surface area contributed by atoms with E-state index >= 15 is 0 Å². The maximum Gasteiger partial charge on any atom is 0.408 e. The van der Waals surface area contributed by atoms with Crippen molar-refractivity contribution in [2.24, 2.45) is 0 Å². The summed E-state index contributed by atoms with van der Waals surface area (Å²) in [6.45, 7) is 0.0624. The van der Waals surface area contributed by atoms with Crippen LogP contribution >= 0.6 is 15.9 Å².